The molecule has 0 heterocycles. The molecule has 0 spiro atoms. The molecule has 2 heteroatoms. The van der Waals surface area contributed by atoms with E-state index in [1.54, 1.807) is 0 Å². The van der Waals surface area contributed by atoms with Crippen molar-refractivity contribution in [2.24, 2.45) is 0 Å². The summed E-state index contributed by atoms with van der Waals surface area (Å²) in [5.74, 6) is 0.896. The highest BCUT2D eigenvalue weighted by atomic mass is 16.5. The Bertz CT molecular complexity index is 347. The molecular weight excluding hydrogens is 200 g/mol. The van der Waals surface area contributed by atoms with Crippen molar-refractivity contribution in [1.82, 2.24) is 0 Å². The first kappa shape index (κ1) is 11.5. The first-order valence-electron chi connectivity index (χ1n) is 6.22. The second-order valence-electron chi connectivity index (χ2n) is 4.51. The molecular formula is C14H20O2. The molecule has 1 aromatic rings. The predicted octanol–water partition coefficient (Wildman–Crippen LogP) is 2.72. The molecule has 88 valence electrons. The molecule has 1 N–H and O–H groups in total. The van der Waals surface area contributed by atoms with Crippen molar-refractivity contribution in [2.75, 3.05) is 6.61 Å². The van der Waals surface area contributed by atoms with Gasteiger partial charge in [-0.15, -0.1) is 0 Å². The Labute approximate surface area is 97.3 Å². The van der Waals surface area contributed by atoms with Gasteiger partial charge in [0.15, 0.2) is 0 Å². The zero-order valence-electron chi connectivity index (χ0n) is 9.91. The molecule has 0 amide bonds. The Kier molecular flexibility index (Phi) is 3.83. The lowest BCUT2D eigenvalue weighted by Crippen LogP contribution is -2.16. The molecule has 0 aliphatic heterocycles. The van der Waals surface area contributed by atoms with Gasteiger partial charge in [0, 0.05) is 0 Å². The molecule has 1 aromatic carbocycles. The van der Waals surface area contributed by atoms with Crippen LogP contribution in [0.15, 0.2) is 18.2 Å². The number of ether oxygens (including phenoxy) is 1. The molecule has 0 saturated heterocycles. The number of aliphatic hydroxyl groups is 1. The minimum Gasteiger partial charge on any atom is -0.491 e. The number of hydrogen-bond donors (Lipinski definition) is 1. The van der Waals surface area contributed by atoms with E-state index in [1.807, 2.05) is 13.0 Å². The van der Waals surface area contributed by atoms with Gasteiger partial charge >= 0.3 is 0 Å². The van der Waals surface area contributed by atoms with Crippen LogP contribution in [0.3, 0.4) is 0 Å². The van der Waals surface area contributed by atoms with Gasteiger partial charge in [-0.05, 0) is 55.4 Å². The molecule has 2 nitrogen and oxygen atoms in total. The Hall–Kier alpha value is -1.02. The van der Waals surface area contributed by atoms with Gasteiger partial charge in [-0.3, -0.25) is 0 Å². The van der Waals surface area contributed by atoms with Crippen molar-refractivity contribution in [2.45, 2.75) is 45.1 Å². The zero-order chi connectivity index (χ0) is 11.4. The molecule has 0 bridgehead atoms. The van der Waals surface area contributed by atoms with Gasteiger partial charge in [0.05, 0.1) is 6.10 Å². The highest BCUT2D eigenvalue weighted by molar-refractivity contribution is 5.37. The second kappa shape index (κ2) is 5.35. The molecule has 1 atom stereocenters. The SMILES string of the molecule is CCC(O)COc1ccc2c(c1)CCCC2. The van der Waals surface area contributed by atoms with Gasteiger partial charge in [-0.1, -0.05) is 13.0 Å². The zero-order valence-corrected chi connectivity index (χ0v) is 9.91. The normalized spacial score (nSPS) is 16.6. The van der Waals surface area contributed by atoms with E-state index in [0.717, 1.165) is 12.2 Å². The maximum Gasteiger partial charge on any atom is 0.119 e. The van der Waals surface area contributed by atoms with E-state index in [9.17, 15) is 5.11 Å². The molecule has 16 heavy (non-hydrogen) atoms. The average Bonchev–Trinajstić information content (AvgIpc) is 2.35. The monoisotopic (exact) mass is 220 g/mol. The molecule has 1 unspecified atom stereocenters. The van der Waals surface area contributed by atoms with Crippen molar-refractivity contribution in [3.05, 3.63) is 29.3 Å². The summed E-state index contributed by atoms with van der Waals surface area (Å²) in [6, 6.07) is 6.32. The van der Waals surface area contributed by atoms with E-state index in [4.69, 9.17) is 4.74 Å². The van der Waals surface area contributed by atoms with Crippen molar-refractivity contribution in [1.29, 1.82) is 0 Å². The molecule has 0 fully saturated rings. The Balaban J connectivity index is 2.00. The fraction of sp³-hybridized carbons (Fsp3) is 0.571. The van der Waals surface area contributed by atoms with Crippen LogP contribution in [0.25, 0.3) is 0 Å². The van der Waals surface area contributed by atoms with E-state index in [0.29, 0.717) is 6.61 Å². The number of fused-ring (bicyclic) bond motifs is 1. The summed E-state index contributed by atoms with van der Waals surface area (Å²) in [7, 11) is 0. The standard InChI is InChI=1S/C14H20O2/c1-2-13(15)10-16-14-8-7-11-5-3-4-6-12(11)9-14/h7-9,13,15H,2-6,10H2,1H3. The number of aryl methyl sites for hydroxylation is 2. The number of aliphatic hydroxyl groups excluding tert-OH is 1. The minimum absolute atomic E-state index is 0.351. The van der Waals surface area contributed by atoms with Crippen molar-refractivity contribution >= 4 is 0 Å². The molecule has 0 radical (unpaired) electrons. The van der Waals surface area contributed by atoms with Crippen LogP contribution in [0.1, 0.15) is 37.3 Å². The maximum absolute atomic E-state index is 9.43. The van der Waals surface area contributed by atoms with Gasteiger partial charge in [0.2, 0.25) is 0 Å². The van der Waals surface area contributed by atoms with Crippen molar-refractivity contribution in [3.8, 4) is 5.75 Å². The second-order valence-corrected chi connectivity index (χ2v) is 4.51. The minimum atomic E-state index is -0.351. The van der Waals surface area contributed by atoms with E-state index in [-0.39, 0.29) is 6.10 Å². The summed E-state index contributed by atoms with van der Waals surface area (Å²) in [4.78, 5) is 0. The lowest BCUT2D eigenvalue weighted by molar-refractivity contribution is 0.104. The van der Waals surface area contributed by atoms with Gasteiger partial charge in [0.1, 0.15) is 12.4 Å². The van der Waals surface area contributed by atoms with E-state index < -0.39 is 0 Å². The third-order valence-electron chi connectivity index (χ3n) is 3.23. The largest absolute Gasteiger partial charge is 0.491 e. The van der Waals surface area contributed by atoms with Crippen LogP contribution in [-0.4, -0.2) is 17.8 Å². The smallest absolute Gasteiger partial charge is 0.119 e. The summed E-state index contributed by atoms with van der Waals surface area (Å²) in [5.41, 5.74) is 2.89. The van der Waals surface area contributed by atoms with E-state index >= 15 is 0 Å². The number of hydrogen-bond acceptors (Lipinski definition) is 2. The lowest BCUT2D eigenvalue weighted by atomic mass is 9.92. The molecule has 0 saturated carbocycles. The third-order valence-corrected chi connectivity index (χ3v) is 3.23. The summed E-state index contributed by atoms with van der Waals surface area (Å²) in [6.45, 7) is 2.36. The first-order valence-corrected chi connectivity index (χ1v) is 6.22. The highest BCUT2D eigenvalue weighted by Crippen LogP contribution is 2.25. The van der Waals surface area contributed by atoms with Gasteiger partial charge in [-0.25, -0.2) is 0 Å². The number of benzene rings is 1. The Morgan fingerprint density at radius 1 is 1.25 bits per heavy atom. The summed E-state index contributed by atoms with van der Waals surface area (Å²) < 4.78 is 5.57. The third kappa shape index (κ3) is 2.76. The van der Waals surface area contributed by atoms with Crippen LogP contribution in [0.4, 0.5) is 0 Å². The Morgan fingerprint density at radius 3 is 2.75 bits per heavy atom. The first-order chi connectivity index (χ1) is 7.79. The Morgan fingerprint density at radius 2 is 2.00 bits per heavy atom. The van der Waals surface area contributed by atoms with Crippen LogP contribution in [0.5, 0.6) is 5.75 Å². The van der Waals surface area contributed by atoms with Crippen LogP contribution >= 0.6 is 0 Å². The predicted molar refractivity (Wildman–Crippen MR) is 64.9 cm³/mol. The maximum atomic E-state index is 9.43. The van der Waals surface area contributed by atoms with Gasteiger partial charge in [-0.2, -0.15) is 0 Å². The average molecular weight is 220 g/mol. The lowest BCUT2D eigenvalue weighted by Gasteiger charge is -2.17. The summed E-state index contributed by atoms with van der Waals surface area (Å²) in [6.07, 6.45) is 5.35. The topological polar surface area (TPSA) is 29.5 Å². The highest BCUT2D eigenvalue weighted by Gasteiger charge is 2.10. The molecule has 2 rings (SSSR count). The van der Waals surface area contributed by atoms with Crippen molar-refractivity contribution in [3.63, 3.8) is 0 Å². The quantitative estimate of drug-likeness (QED) is 0.845. The van der Waals surface area contributed by atoms with E-state index in [1.165, 1.54) is 36.8 Å². The summed E-state index contributed by atoms with van der Waals surface area (Å²) in [5, 5.41) is 9.43. The van der Waals surface area contributed by atoms with Gasteiger partial charge in [0.25, 0.3) is 0 Å². The summed E-state index contributed by atoms with van der Waals surface area (Å²) >= 11 is 0. The van der Waals surface area contributed by atoms with Crippen LogP contribution in [0.2, 0.25) is 0 Å². The molecule has 1 aliphatic rings. The molecule has 1 aliphatic carbocycles. The number of rotatable bonds is 4. The fourth-order valence-corrected chi connectivity index (χ4v) is 2.11. The fourth-order valence-electron chi connectivity index (χ4n) is 2.11. The van der Waals surface area contributed by atoms with Crippen molar-refractivity contribution < 1.29 is 9.84 Å². The molecule has 0 aromatic heterocycles. The van der Waals surface area contributed by atoms with E-state index in [2.05, 4.69) is 12.1 Å². The van der Waals surface area contributed by atoms with Crippen LogP contribution < -0.4 is 4.74 Å². The van der Waals surface area contributed by atoms with Gasteiger partial charge < -0.3 is 9.84 Å². The van der Waals surface area contributed by atoms with Crippen LogP contribution in [-0.2, 0) is 12.8 Å². The van der Waals surface area contributed by atoms with Crippen LogP contribution in [0, 0.1) is 0 Å².